The molecule has 0 atom stereocenters. The third-order valence-corrected chi connectivity index (χ3v) is 3.70. The summed E-state index contributed by atoms with van der Waals surface area (Å²) in [5.74, 6) is 1.40. The Morgan fingerprint density at radius 1 is 1.30 bits per heavy atom. The zero-order chi connectivity index (χ0) is 14.5. The van der Waals surface area contributed by atoms with Gasteiger partial charge < -0.3 is 10.2 Å². The van der Waals surface area contributed by atoms with E-state index in [1.165, 1.54) is 25.7 Å². The maximum absolute atomic E-state index is 11.1. The van der Waals surface area contributed by atoms with Gasteiger partial charge in [-0.15, -0.1) is 0 Å². The first kappa shape index (κ1) is 14.8. The van der Waals surface area contributed by atoms with E-state index >= 15 is 0 Å². The minimum Gasteiger partial charge on any atom is -0.373 e. The molecule has 0 radical (unpaired) electrons. The lowest BCUT2D eigenvalue weighted by Crippen LogP contribution is -2.25. The summed E-state index contributed by atoms with van der Waals surface area (Å²) >= 11 is 5.37. The van der Waals surface area contributed by atoms with Gasteiger partial charge in [-0.3, -0.25) is 10.2 Å². The zero-order valence-corrected chi connectivity index (χ0v) is 12.3. The summed E-state index contributed by atoms with van der Waals surface area (Å²) in [7, 11) is 1.73. The van der Waals surface area contributed by atoms with Crippen LogP contribution in [0.3, 0.4) is 0 Å². The monoisotopic (exact) mass is 294 g/mol. The first-order chi connectivity index (χ1) is 9.63. The SMILES string of the molecule is CNc1nc(N2CCCCCC2)ccc1C(=N)C(=O)Cl. The van der Waals surface area contributed by atoms with Gasteiger partial charge in [0.1, 0.15) is 17.3 Å². The molecular weight excluding hydrogens is 276 g/mol. The first-order valence-corrected chi connectivity index (χ1v) is 7.24. The largest absolute Gasteiger partial charge is 0.373 e. The number of hydrogen-bond acceptors (Lipinski definition) is 5. The van der Waals surface area contributed by atoms with Gasteiger partial charge in [0.2, 0.25) is 0 Å². The van der Waals surface area contributed by atoms with Gasteiger partial charge >= 0.3 is 0 Å². The van der Waals surface area contributed by atoms with Gasteiger partial charge in [0, 0.05) is 25.7 Å². The summed E-state index contributed by atoms with van der Waals surface area (Å²) in [4.78, 5) is 17.9. The van der Waals surface area contributed by atoms with E-state index in [1.54, 1.807) is 13.1 Å². The van der Waals surface area contributed by atoms with Gasteiger partial charge in [-0.05, 0) is 36.6 Å². The fourth-order valence-electron chi connectivity index (χ4n) is 2.42. The molecule has 0 spiro atoms. The quantitative estimate of drug-likeness (QED) is 0.661. The molecule has 1 aliphatic rings. The Kier molecular flexibility index (Phi) is 4.95. The Morgan fingerprint density at radius 2 is 1.95 bits per heavy atom. The summed E-state index contributed by atoms with van der Waals surface area (Å²) in [5, 5.41) is 9.87. The lowest BCUT2D eigenvalue weighted by atomic mass is 10.1. The van der Waals surface area contributed by atoms with E-state index in [0.717, 1.165) is 18.9 Å². The van der Waals surface area contributed by atoms with Crippen LogP contribution in [0.4, 0.5) is 11.6 Å². The molecular formula is C14H19ClN4O. The van der Waals surface area contributed by atoms with Crippen molar-refractivity contribution < 1.29 is 4.79 Å². The molecule has 0 amide bonds. The van der Waals surface area contributed by atoms with Crippen molar-refractivity contribution in [2.24, 2.45) is 0 Å². The lowest BCUT2D eigenvalue weighted by molar-refractivity contribution is -0.106. The van der Waals surface area contributed by atoms with Crippen LogP contribution in [-0.4, -0.2) is 36.1 Å². The Balaban J connectivity index is 2.28. The van der Waals surface area contributed by atoms with Gasteiger partial charge in [-0.25, -0.2) is 4.98 Å². The predicted octanol–water partition coefficient (Wildman–Crippen LogP) is 2.64. The number of nitrogens with one attached hydrogen (secondary N) is 2. The molecule has 0 unspecified atom stereocenters. The Bertz CT molecular complexity index is 510. The molecule has 0 aliphatic carbocycles. The number of carbonyl (C=O) groups is 1. The third-order valence-electron chi connectivity index (χ3n) is 3.51. The summed E-state index contributed by atoms with van der Waals surface area (Å²) in [6.45, 7) is 2.00. The minimum absolute atomic E-state index is 0.231. The number of anilines is 2. The highest BCUT2D eigenvalue weighted by Crippen LogP contribution is 2.22. The highest BCUT2D eigenvalue weighted by Gasteiger charge is 2.17. The van der Waals surface area contributed by atoms with Gasteiger partial charge in [-0.2, -0.15) is 0 Å². The molecule has 1 aliphatic heterocycles. The van der Waals surface area contributed by atoms with Crippen LogP contribution in [0.25, 0.3) is 0 Å². The highest BCUT2D eigenvalue weighted by atomic mass is 35.5. The molecule has 0 aromatic carbocycles. The van der Waals surface area contributed by atoms with Crippen LogP contribution in [0.2, 0.25) is 0 Å². The number of aromatic nitrogens is 1. The summed E-state index contributed by atoms with van der Waals surface area (Å²) in [6, 6.07) is 3.59. The molecule has 1 aromatic rings. The van der Waals surface area contributed by atoms with Crippen molar-refractivity contribution in [1.82, 2.24) is 4.98 Å². The molecule has 20 heavy (non-hydrogen) atoms. The number of hydrogen-bond donors (Lipinski definition) is 2. The fraction of sp³-hybridized carbons (Fsp3) is 0.500. The molecule has 1 aromatic heterocycles. The second-order valence-corrected chi connectivity index (χ2v) is 5.21. The van der Waals surface area contributed by atoms with Crippen LogP contribution < -0.4 is 10.2 Å². The number of pyridine rings is 1. The molecule has 2 rings (SSSR count). The second-order valence-electron chi connectivity index (χ2n) is 4.87. The van der Waals surface area contributed by atoms with Crippen molar-refractivity contribution in [3.8, 4) is 0 Å². The van der Waals surface area contributed by atoms with E-state index in [9.17, 15) is 4.79 Å². The van der Waals surface area contributed by atoms with Crippen LogP contribution in [0.15, 0.2) is 12.1 Å². The van der Waals surface area contributed by atoms with E-state index < -0.39 is 5.24 Å². The Morgan fingerprint density at radius 3 is 2.50 bits per heavy atom. The average Bonchev–Trinajstić information content (AvgIpc) is 2.74. The third kappa shape index (κ3) is 3.28. The average molecular weight is 295 g/mol. The van der Waals surface area contributed by atoms with E-state index in [1.807, 2.05) is 6.07 Å². The number of carbonyl (C=O) groups excluding carboxylic acids is 1. The van der Waals surface area contributed by atoms with E-state index in [0.29, 0.717) is 11.4 Å². The van der Waals surface area contributed by atoms with Crippen LogP contribution in [0.5, 0.6) is 0 Å². The summed E-state index contributed by atoms with van der Waals surface area (Å²) < 4.78 is 0. The topological polar surface area (TPSA) is 69.1 Å². The molecule has 2 N–H and O–H groups in total. The maximum atomic E-state index is 11.1. The second kappa shape index (κ2) is 6.70. The Hall–Kier alpha value is -1.62. The standard InChI is InChI=1S/C14H19ClN4O/c1-17-14-10(12(16)13(15)20)6-7-11(18-14)19-8-4-2-3-5-9-19/h6-7,16H,2-5,8-9H2,1H3,(H,17,18). The molecule has 2 heterocycles. The molecule has 108 valence electrons. The Labute approximate surface area is 123 Å². The summed E-state index contributed by atoms with van der Waals surface area (Å²) in [5.41, 5.74) is 0.206. The summed E-state index contributed by atoms with van der Waals surface area (Å²) in [6.07, 6.45) is 4.88. The molecule has 0 bridgehead atoms. The minimum atomic E-state index is -0.772. The van der Waals surface area contributed by atoms with E-state index in [4.69, 9.17) is 17.0 Å². The highest BCUT2D eigenvalue weighted by molar-refractivity contribution is 6.83. The lowest BCUT2D eigenvalue weighted by Gasteiger charge is -2.22. The molecule has 1 saturated heterocycles. The number of halogens is 1. The van der Waals surface area contributed by atoms with Gasteiger partial charge in [0.05, 0.1) is 0 Å². The molecule has 1 fully saturated rings. The molecule has 5 nitrogen and oxygen atoms in total. The fourth-order valence-corrected chi connectivity index (χ4v) is 2.52. The van der Waals surface area contributed by atoms with Gasteiger partial charge in [-0.1, -0.05) is 12.8 Å². The normalized spacial score (nSPS) is 15.6. The number of rotatable bonds is 4. The molecule has 6 heteroatoms. The van der Waals surface area contributed by atoms with E-state index in [2.05, 4.69) is 15.2 Å². The first-order valence-electron chi connectivity index (χ1n) is 6.86. The van der Waals surface area contributed by atoms with Crippen LogP contribution in [-0.2, 0) is 4.79 Å². The van der Waals surface area contributed by atoms with Crippen molar-refractivity contribution in [2.45, 2.75) is 25.7 Å². The van der Waals surface area contributed by atoms with Crippen LogP contribution in [0.1, 0.15) is 31.2 Å². The van der Waals surface area contributed by atoms with E-state index in [-0.39, 0.29) is 5.71 Å². The van der Waals surface area contributed by atoms with Crippen molar-refractivity contribution in [3.05, 3.63) is 17.7 Å². The van der Waals surface area contributed by atoms with Gasteiger partial charge in [0.25, 0.3) is 5.24 Å². The van der Waals surface area contributed by atoms with Crippen molar-refractivity contribution in [1.29, 1.82) is 5.41 Å². The zero-order valence-electron chi connectivity index (χ0n) is 11.6. The predicted molar refractivity (Wildman–Crippen MR) is 82.2 cm³/mol. The van der Waals surface area contributed by atoms with Crippen LogP contribution >= 0.6 is 11.6 Å². The number of nitrogens with zero attached hydrogens (tertiary/aromatic N) is 2. The molecule has 0 saturated carbocycles. The van der Waals surface area contributed by atoms with Crippen molar-refractivity contribution >= 4 is 34.2 Å². The van der Waals surface area contributed by atoms with Crippen LogP contribution in [0, 0.1) is 5.41 Å². The van der Waals surface area contributed by atoms with Crippen molar-refractivity contribution in [3.63, 3.8) is 0 Å². The van der Waals surface area contributed by atoms with Gasteiger partial charge in [0.15, 0.2) is 0 Å². The van der Waals surface area contributed by atoms with Crippen molar-refractivity contribution in [2.75, 3.05) is 30.4 Å². The smallest absolute Gasteiger partial charge is 0.270 e. The maximum Gasteiger partial charge on any atom is 0.270 e.